The number of benzene rings is 2. The van der Waals surface area contributed by atoms with E-state index in [9.17, 15) is 24.3 Å². The Bertz CT molecular complexity index is 1210. The van der Waals surface area contributed by atoms with Crippen molar-refractivity contribution in [1.82, 2.24) is 15.1 Å². The van der Waals surface area contributed by atoms with Gasteiger partial charge in [0.05, 0.1) is 12.3 Å². The lowest BCUT2D eigenvalue weighted by atomic mass is 9.97. The molecular weight excluding hydrogens is 462 g/mol. The number of aliphatic carboxylic acids is 1. The number of nitrogens with zero attached hydrogens (tertiary/aromatic N) is 2. The van der Waals surface area contributed by atoms with Crippen molar-refractivity contribution < 1.29 is 24.3 Å². The molecule has 1 saturated heterocycles. The zero-order chi connectivity index (χ0) is 25.2. The number of fused-ring (bicyclic) bond motifs is 2. The smallest absolute Gasteiger partial charge is 0.322 e. The number of nitrogens with one attached hydrogen (secondary N) is 3. The van der Waals surface area contributed by atoms with Crippen molar-refractivity contribution in [3.63, 3.8) is 0 Å². The van der Waals surface area contributed by atoms with E-state index in [1.165, 1.54) is 0 Å². The number of piperidine rings is 1. The molecule has 3 aliphatic heterocycles. The topological polar surface area (TPSA) is 131 Å². The standard InChI is InChI=1S/C26H29N5O5/c32-23-13-18-11-16(5-6-22(18)28-23)12-19(24(33)34)14-27-25(35)30-9-7-20(8-10-30)31-15-17-3-1-2-4-21(17)29-26(31)36/h1-6,11,19-20H,7-10,12-15H2,(H,27,35)(H,28,32)(H,29,36)(H,33,34)/t19-/m1/s1. The third-order valence-corrected chi connectivity index (χ3v) is 7.18. The molecule has 3 aliphatic rings. The van der Waals surface area contributed by atoms with E-state index in [0.29, 0.717) is 38.9 Å². The van der Waals surface area contributed by atoms with E-state index in [1.54, 1.807) is 11.0 Å². The van der Waals surface area contributed by atoms with Crippen LogP contribution in [-0.2, 0) is 29.0 Å². The van der Waals surface area contributed by atoms with E-state index in [4.69, 9.17) is 0 Å². The van der Waals surface area contributed by atoms with Gasteiger partial charge >= 0.3 is 18.0 Å². The SMILES string of the molecule is O=C1Cc2cc(C[C@H](CNC(=O)N3CCC(N4Cc5ccccc5NC4=O)CC3)C(=O)O)ccc2N1. The molecule has 0 aliphatic carbocycles. The third kappa shape index (κ3) is 4.98. The Balaban J connectivity index is 1.12. The molecule has 5 rings (SSSR count). The third-order valence-electron chi connectivity index (χ3n) is 7.18. The highest BCUT2D eigenvalue weighted by molar-refractivity contribution is 5.99. The molecule has 10 nitrogen and oxygen atoms in total. The Hall–Kier alpha value is -4.08. The van der Waals surface area contributed by atoms with Gasteiger partial charge in [0.2, 0.25) is 5.91 Å². The average molecular weight is 492 g/mol. The monoisotopic (exact) mass is 491 g/mol. The second-order valence-corrected chi connectivity index (χ2v) is 9.58. The Morgan fingerprint density at radius 1 is 1.03 bits per heavy atom. The molecule has 2 aromatic rings. The number of likely N-dealkylation sites (tertiary alicyclic amines) is 1. The predicted octanol–water partition coefficient (Wildman–Crippen LogP) is 2.65. The highest BCUT2D eigenvalue weighted by atomic mass is 16.4. The molecule has 188 valence electrons. The van der Waals surface area contributed by atoms with Gasteiger partial charge in [-0.05, 0) is 48.1 Å². The van der Waals surface area contributed by atoms with Crippen molar-refractivity contribution in [1.29, 1.82) is 0 Å². The first kappa shape index (κ1) is 23.7. The van der Waals surface area contributed by atoms with Gasteiger partial charge in [-0.25, -0.2) is 9.59 Å². The number of hydrogen-bond donors (Lipinski definition) is 4. The molecule has 0 radical (unpaired) electrons. The fourth-order valence-electron chi connectivity index (χ4n) is 5.16. The maximum Gasteiger partial charge on any atom is 0.322 e. The normalized spacial score (nSPS) is 18.1. The number of carbonyl (C=O) groups excluding carboxylic acids is 3. The van der Waals surface area contributed by atoms with Gasteiger partial charge in [0.1, 0.15) is 0 Å². The van der Waals surface area contributed by atoms with Crippen molar-refractivity contribution in [3.05, 3.63) is 59.2 Å². The number of urea groups is 2. The van der Waals surface area contributed by atoms with Gasteiger partial charge < -0.3 is 30.9 Å². The molecule has 0 saturated carbocycles. The lowest BCUT2D eigenvalue weighted by Crippen LogP contribution is -2.53. The van der Waals surface area contributed by atoms with Crippen LogP contribution in [0.5, 0.6) is 0 Å². The van der Waals surface area contributed by atoms with Gasteiger partial charge in [0.15, 0.2) is 0 Å². The molecule has 1 fully saturated rings. The van der Waals surface area contributed by atoms with Crippen LogP contribution in [0.3, 0.4) is 0 Å². The summed E-state index contributed by atoms with van der Waals surface area (Å²) in [5, 5.41) is 18.2. The van der Waals surface area contributed by atoms with Crippen LogP contribution in [0.25, 0.3) is 0 Å². The Kier molecular flexibility index (Phi) is 6.49. The zero-order valence-corrected chi connectivity index (χ0v) is 19.8. The first-order valence-corrected chi connectivity index (χ1v) is 12.2. The van der Waals surface area contributed by atoms with Crippen LogP contribution in [0.2, 0.25) is 0 Å². The van der Waals surface area contributed by atoms with Crippen molar-refractivity contribution >= 4 is 35.3 Å². The maximum absolute atomic E-state index is 12.8. The number of amides is 5. The molecule has 2 aromatic carbocycles. The second-order valence-electron chi connectivity index (χ2n) is 9.58. The van der Waals surface area contributed by atoms with Crippen LogP contribution in [0.1, 0.15) is 29.5 Å². The van der Waals surface area contributed by atoms with Crippen molar-refractivity contribution in [2.45, 2.75) is 38.3 Å². The summed E-state index contributed by atoms with van der Waals surface area (Å²) in [6.45, 7) is 1.54. The van der Waals surface area contributed by atoms with Gasteiger partial charge in [0, 0.05) is 43.6 Å². The van der Waals surface area contributed by atoms with Crippen LogP contribution in [0.4, 0.5) is 21.0 Å². The molecule has 0 unspecified atom stereocenters. The summed E-state index contributed by atoms with van der Waals surface area (Å²) < 4.78 is 0. The van der Waals surface area contributed by atoms with Gasteiger partial charge in [-0.3, -0.25) is 9.59 Å². The fourth-order valence-corrected chi connectivity index (χ4v) is 5.16. The van der Waals surface area contributed by atoms with Crippen molar-refractivity contribution in [3.8, 4) is 0 Å². The van der Waals surface area contributed by atoms with Crippen LogP contribution in [0, 0.1) is 5.92 Å². The van der Waals surface area contributed by atoms with Gasteiger partial charge in [-0.2, -0.15) is 0 Å². The number of anilines is 2. The molecule has 10 heteroatoms. The Labute approximate surface area is 208 Å². The summed E-state index contributed by atoms with van der Waals surface area (Å²) in [6, 6.07) is 12.8. The van der Waals surface area contributed by atoms with E-state index in [0.717, 1.165) is 28.1 Å². The minimum atomic E-state index is -0.986. The molecule has 5 amide bonds. The van der Waals surface area contributed by atoms with Crippen LogP contribution >= 0.6 is 0 Å². The molecule has 0 bridgehead atoms. The maximum atomic E-state index is 12.8. The van der Waals surface area contributed by atoms with Crippen LogP contribution < -0.4 is 16.0 Å². The number of carboxylic acids is 1. The average Bonchev–Trinajstić information content (AvgIpc) is 3.25. The molecular formula is C26H29N5O5. The fraction of sp³-hybridized carbons (Fsp3) is 0.385. The number of hydrogen-bond acceptors (Lipinski definition) is 4. The molecule has 0 aromatic heterocycles. The summed E-state index contributed by atoms with van der Waals surface area (Å²) in [7, 11) is 0. The summed E-state index contributed by atoms with van der Waals surface area (Å²) >= 11 is 0. The van der Waals surface area contributed by atoms with Crippen LogP contribution in [-0.4, -0.2) is 64.5 Å². The lowest BCUT2D eigenvalue weighted by molar-refractivity contribution is -0.141. The Morgan fingerprint density at radius 3 is 2.56 bits per heavy atom. The van der Waals surface area contributed by atoms with E-state index in [-0.39, 0.29) is 37.0 Å². The molecule has 0 spiro atoms. The minimum absolute atomic E-state index is 0.00761. The highest BCUT2D eigenvalue weighted by Crippen LogP contribution is 2.28. The second kappa shape index (κ2) is 9.88. The summed E-state index contributed by atoms with van der Waals surface area (Å²) in [5.41, 5.74) is 4.35. The molecule has 4 N–H and O–H groups in total. The number of rotatable bonds is 6. The molecule has 36 heavy (non-hydrogen) atoms. The summed E-state index contributed by atoms with van der Waals surface area (Å²) in [5.74, 6) is -1.84. The van der Waals surface area contributed by atoms with E-state index < -0.39 is 11.9 Å². The molecule has 3 heterocycles. The molecule has 1 atom stereocenters. The number of para-hydroxylation sites is 1. The quantitative estimate of drug-likeness (QED) is 0.493. The zero-order valence-electron chi connectivity index (χ0n) is 19.8. The van der Waals surface area contributed by atoms with Gasteiger partial charge in [-0.1, -0.05) is 30.3 Å². The van der Waals surface area contributed by atoms with Crippen molar-refractivity contribution in [2.75, 3.05) is 30.3 Å². The predicted molar refractivity (Wildman–Crippen MR) is 133 cm³/mol. The first-order valence-electron chi connectivity index (χ1n) is 12.2. The summed E-state index contributed by atoms with van der Waals surface area (Å²) in [4.78, 5) is 52.3. The first-order chi connectivity index (χ1) is 17.4. The Morgan fingerprint density at radius 2 is 1.78 bits per heavy atom. The number of carboxylic acid groups (broad SMARTS) is 1. The largest absolute Gasteiger partial charge is 0.481 e. The highest BCUT2D eigenvalue weighted by Gasteiger charge is 2.33. The van der Waals surface area contributed by atoms with Crippen molar-refractivity contribution in [2.24, 2.45) is 5.92 Å². The van der Waals surface area contributed by atoms with Gasteiger partial charge in [0.25, 0.3) is 0 Å². The van der Waals surface area contributed by atoms with E-state index in [2.05, 4.69) is 16.0 Å². The van der Waals surface area contributed by atoms with Crippen LogP contribution in [0.15, 0.2) is 42.5 Å². The van der Waals surface area contributed by atoms with E-state index >= 15 is 0 Å². The lowest BCUT2D eigenvalue weighted by Gasteiger charge is -2.40. The number of carbonyl (C=O) groups is 4. The minimum Gasteiger partial charge on any atom is -0.481 e. The van der Waals surface area contributed by atoms with E-state index in [1.807, 2.05) is 41.3 Å². The van der Waals surface area contributed by atoms with Gasteiger partial charge in [-0.15, -0.1) is 0 Å². The summed E-state index contributed by atoms with van der Waals surface area (Å²) in [6.07, 6.45) is 1.87.